The van der Waals surface area contributed by atoms with E-state index in [-0.39, 0.29) is 18.6 Å². The number of aryl methyl sites for hydroxylation is 1. The van der Waals surface area contributed by atoms with E-state index < -0.39 is 109 Å². The molecular formula is C27H34O15. The maximum atomic E-state index is 13.5. The first kappa shape index (κ1) is 31.8. The van der Waals surface area contributed by atoms with Gasteiger partial charge in [0.05, 0.1) is 18.8 Å². The molecule has 11 N–H and O–H groups in total. The van der Waals surface area contributed by atoms with Crippen molar-refractivity contribution in [3.05, 3.63) is 47.0 Å². The number of ketones is 1. The van der Waals surface area contributed by atoms with Crippen molar-refractivity contribution in [1.29, 1.82) is 0 Å². The average molecular weight is 599 g/mol. The predicted molar refractivity (Wildman–Crippen MR) is 138 cm³/mol. The van der Waals surface area contributed by atoms with Crippen LogP contribution in [0, 0.1) is 0 Å². The number of aromatic hydroxyl groups is 3. The molecular weight excluding hydrogens is 564 g/mol. The van der Waals surface area contributed by atoms with Gasteiger partial charge in [-0.25, -0.2) is 0 Å². The third kappa shape index (κ3) is 6.16. The number of aliphatic hydroxyl groups is 8. The molecule has 2 aromatic carbocycles. The van der Waals surface area contributed by atoms with Gasteiger partial charge in [0.1, 0.15) is 83.5 Å². The van der Waals surface area contributed by atoms with Crippen LogP contribution in [0.2, 0.25) is 0 Å². The number of phenols is 3. The minimum Gasteiger partial charge on any atom is -0.508 e. The molecule has 0 spiro atoms. The summed E-state index contributed by atoms with van der Waals surface area (Å²) in [5.41, 5.74) is -0.505. The van der Waals surface area contributed by atoms with Crippen LogP contribution in [-0.2, 0) is 15.9 Å². The van der Waals surface area contributed by atoms with E-state index in [1.165, 1.54) is 12.1 Å². The molecule has 2 heterocycles. The molecule has 0 amide bonds. The summed E-state index contributed by atoms with van der Waals surface area (Å²) in [6.07, 6.45) is -18.1. The molecule has 2 aliphatic heterocycles. The van der Waals surface area contributed by atoms with Gasteiger partial charge in [-0.1, -0.05) is 12.1 Å². The van der Waals surface area contributed by atoms with Crippen LogP contribution in [0.15, 0.2) is 30.3 Å². The van der Waals surface area contributed by atoms with Gasteiger partial charge in [0.2, 0.25) is 6.29 Å². The van der Waals surface area contributed by atoms with Crippen LogP contribution >= 0.6 is 0 Å². The highest BCUT2D eigenvalue weighted by molar-refractivity contribution is 6.02. The van der Waals surface area contributed by atoms with Crippen molar-refractivity contribution in [2.75, 3.05) is 13.2 Å². The van der Waals surface area contributed by atoms with E-state index in [1.807, 2.05) is 0 Å². The molecule has 2 aliphatic rings. The highest BCUT2D eigenvalue weighted by Crippen LogP contribution is 2.47. The number of carbonyl (C=O) groups excluding carboxylic acids is 1. The molecule has 2 aromatic rings. The zero-order valence-corrected chi connectivity index (χ0v) is 22.0. The minimum absolute atomic E-state index is 0.000594. The molecule has 0 aliphatic carbocycles. The van der Waals surface area contributed by atoms with Crippen molar-refractivity contribution in [2.45, 2.75) is 74.1 Å². The summed E-state index contributed by atoms with van der Waals surface area (Å²) in [6, 6.07) is 6.67. The summed E-state index contributed by atoms with van der Waals surface area (Å²) in [5.74, 6) is -3.13. The second-order valence-corrected chi connectivity index (χ2v) is 10.2. The normalized spacial score (nSPS) is 33.3. The Morgan fingerprint density at radius 1 is 0.738 bits per heavy atom. The number of Topliss-reactive ketones (excluding diaryl/α,β-unsaturated/α-hetero) is 1. The lowest BCUT2D eigenvalue weighted by Gasteiger charge is -2.42. The Hall–Kier alpha value is -3.09. The van der Waals surface area contributed by atoms with E-state index in [4.69, 9.17) is 14.2 Å². The van der Waals surface area contributed by atoms with Crippen molar-refractivity contribution >= 4 is 5.78 Å². The Balaban J connectivity index is 1.80. The highest BCUT2D eigenvalue weighted by Gasteiger charge is 2.49. The number of hydrogen-bond acceptors (Lipinski definition) is 15. The van der Waals surface area contributed by atoms with Crippen molar-refractivity contribution in [1.82, 2.24) is 0 Å². The molecule has 2 saturated heterocycles. The Morgan fingerprint density at radius 2 is 1.31 bits per heavy atom. The Bertz CT molecular complexity index is 1230. The maximum Gasteiger partial charge on any atom is 0.229 e. The summed E-state index contributed by atoms with van der Waals surface area (Å²) in [7, 11) is 0. The van der Waals surface area contributed by atoms with Crippen LogP contribution in [0.3, 0.4) is 0 Å². The van der Waals surface area contributed by atoms with Crippen LogP contribution in [0.1, 0.15) is 34.0 Å². The zero-order chi connectivity index (χ0) is 30.9. The van der Waals surface area contributed by atoms with Crippen molar-refractivity contribution in [2.24, 2.45) is 0 Å². The first-order valence-electron chi connectivity index (χ1n) is 13.1. The van der Waals surface area contributed by atoms with Gasteiger partial charge >= 0.3 is 0 Å². The van der Waals surface area contributed by atoms with Crippen molar-refractivity contribution in [3.63, 3.8) is 0 Å². The van der Waals surface area contributed by atoms with Gasteiger partial charge in [-0.05, 0) is 24.1 Å². The van der Waals surface area contributed by atoms with Gasteiger partial charge in [0.15, 0.2) is 5.78 Å². The predicted octanol–water partition coefficient (Wildman–Crippen LogP) is -2.69. The van der Waals surface area contributed by atoms with Gasteiger partial charge in [0, 0.05) is 12.5 Å². The SMILES string of the molecule is O=C(CCc1ccc(O)cc1)c1c(O)cc(O)c([C@@H]2O[C@H](CO)[C@@H](O)[C@H](O)[C@H]2O)c1O[C@@H]1O[C@H](CO)[C@@H](O)[C@H](O)[C@H]1O. The molecule has 15 heteroatoms. The number of ether oxygens (including phenoxy) is 3. The summed E-state index contributed by atoms with van der Waals surface area (Å²) < 4.78 is 16.7. The van der Waals surface area contributed by atoms with Gasteiger partial charge in [-0.3, -0.25) is 4.79 Å². The average Bonchev–Trinajstić information content (AvgIpc) is 2.96. The summed E-state index contributed by atoms with van der Waals surface area (Å²) in [4.78, 5) is 13.5. The van der Waals surface area contributed by atoms with Crippen molar-refractivity contribution < 1.29 is 75.2 Å². The third-order valence-corrected chi connectivity index (χ3v) is 7.39. The van der Waals surface area contributed by atoms with Gasteiger partial charge < -0.3 is 70.4 Å². The molecule has 0 radical (unpaired) electrons. The molecule has 10 atom stereocenters. The number of phenolic OH excluding ortho intramolecular Hbond substituents is 3. The summed E-state index contributed by atoms with van der Waals surface area (Å²) in [6.45, 7) is -1.66. The van der Waals surface area contributed by atoms with Crippen molar-refractivity contribution in [3.8, 4) is 23.0 Å². The van der Waals surface area contributed by atoms with E-state index in [2.05, 4.69) is 0 Å². The summed E-state index contributed by atoms with van der Waals surface area (Å²) in [5, 5.41) is 113. The van der Waals surface area contributed by atoms with E-state index in [0.29, 0.717) is 5.56 Å². The quantitative estimate of drug-likeness (QED) is 0.131. The second kappa shape index (κ2) is 13.0. The zero-order valence-electron chi connectivity index (χ0n) is 22.0. The Kier molecular flexibility index (Phi) is 9.89. The number of aliphatic hydroxyl groups excluding tert-OH is 8. The topological polar surface area (TPSA) is 267 Å². The number of rotatable bonds is 9. The first-order valence-corrected chi connectivity index (χ1v) is 13.1. The number of benzene rings is 2. The minimum atomic E-state index is -1.99. The van der Waals surface area contributed by atoms with Crippen LogP contribution in [0.4, 0.5) is 0 Å². The Morgan fingerprint density at radius 3 is 1.90 bits per heavy atom. The van der Waals surface area contributed by atoms with Gasteiger partial charge in [-0.2, -0.15) is 0 Å². The maximum absolute atomic E-state index is 13.5. The molecule has 42 heavy (non-hydrogen) atoms. The standard InChI is InChI=1S/C27H34O15/c28-8-15-19(34)21(36)23(38)26(40-15)18-14(33)7-13(32)17(12(31)6-3-10-1-4-11(30)5-2-10)25(18)42-27-24(39)22(37)20(35)16(9-29)41-27/h1-2,4-5,7,15-16,19-24,26-30,32-39H,3,6,8-9H2/t15-,16-,19-,20-,21+,22+,23-,24-,26+,27+/m1/s1. The largest absolute Gasteiger partial charge is 0.508 e. The molecule has 0 unspecified atom stereocenters. The molecule has 0 bridgehead atoms. The fourth-order valence-electron chi connectivity index (χ4n) is 4.98. The molecule has 0 saturated carbocycles. The third-order valence-electron chi connectivity index (χ3n) is 7.39. The van der Waals surface area contributed by atoms with E-state index in [1.54, 1.807) is 12.1 Å². The molecule has 232 valence electrons. The Labute approximate surface area is 238 Å². The number of hydrogen-bond donors (Lipinski definition) is 11. The van der Waals surface area contributed by atoms with Crippen LogP contribution in [0.5, 0.6) is 23.0 Å². The molecule has 15 nitrogen and oxygen atoms in total. The van der Waals surface area contributed by atoms with E-state index >= 15 is 0 Å². The molecule has 0 aromatic heterocycles. The lowest BCUT2D eigenvalue weighted by molar-refractivity contribution is -0.278. The first-order chi connectivity index (χ1) is 19.9. The van der Waals surface area contributed by atoms with Crippen LogP contribution in [-0.4, -0.2) is 130 Å². The number of carbonyl (C=O) groups is 1. The van der Waals surface area contributed by atoms with E-state index in [0.717, 1.165) is 6.07 Å². The van der Waals surface area contributed by atoms with Gasteiger partial charge in [0.25, 0.3) is 0 Å². The highest BCUT2D eigenvalue weighted by atomic mass is 16.7. The fourth-order valence-corrected chi connectivity index (χ4v) is 4.98. The van der Waals surface area contributed by atoms with Crippen LogP contribution in [0.25, 0.3) is 0 Å². The van der Waals surface area contributed by atoms with Crippen LogP contribution < -0.4 is 4.74 Å². The second-order valence-electron chi connectivity index (χ2n) is 10.2. The lowest BCUT2D eigenvalue weighted by Crippen LogP contribution is -2.60. The van der Waals surface area contributed by atoms with E-state index in [9.17, 15) is 61.0 Å². The fraction of sp³-hybridized carbons (Fsp3) is 0.519. The molecule has 4 rings (SSSR count). The lowest BCUT2D eigenvalue weighted by atomic mass is 9.88. The molecule has 2 fully saturated rings. The van der Waals surface area contributed by atoms with Gasteiger partial charge in [-0.15, -0.1) is 0 Å². The smallest absolute Gasteiger partial charge is 0.229 e. The monoisotopic (exact) mass is 598 g/mol. The summed E-state index contributed by atoms with van der Waals surface area (Å²) >= 11 is 0.